The molecule has 29 heavy (non-hydrogen) atoms. The summed E-state index contributed by atoms with van der Waals surface area (Å²) in [6.45, 7) is 1.44. The van der Waals surface area contributed by atoms with Crippen LogP contribution in [0.2, 0.25) is 5.02 Å². The molecule has 1 aromatic carbocycles. The van der Waals surface area contributed by atoms with Crippen LogP contribution >= 0.6 is 22.1 Å². The Balaban J connectivity index is 1.87. The van der Waals surface area contributed by atoms with Crippen molar-refractivity contribution in [2.75, 3.05) is 5.43 Å². The molecule has 150 valence electrons. The number of allylic oxidation sites excluding steroid dienone is 1. The number of hydrogen-bond donors (Lipinski definition) is 2. The zero-order valence-corrected chi connectivity index (χ0v) is 16.2. The summed E-state index contributed by atoms with van der Waals surface area (Å²) >= 11 is 5.79. The number of nitrogens with one attached hydrogen (secondary N) is 2. The summed E-state index contributed by atoms with van der Waals surface area (Å²) in [7, 11) is -1.72. The Hall–Kier alpha value is -2.94. The number of alkyl halides is 3. The molecule has 6 nitrogen and oxygen atoms in total. The smallest absolute Gasteiger partial charge is 0.298 e. The topological polar surface area (TPSA) is 83.5 Å². The van der Waals surface area contributed by atoms with Crippen LogP contribution in [0.3, 0.4) is 0 Å². The minimum Gasteiger partial charge on any atom is -0.298 e. The number of aromatic nitrogens is 1. The van der Waals surface area contributed by atoms with Gasteiger partial charge in [0.2, 0.25) is 0 Å². The molecule has 1 aromatic heterocycles. The molecule has 0 spiro atoms. The number of carbonyl (C=O) groups is 1. The number of hydrazine groups is 1. The van der Waals surface area contributed by atoms with Crippen LogP contribution in [0.1, 0.15) is 18.1 Å². The van der Waals surface area contributed by atoms with Gasteiger partial charge < -0.3 is 0 Å². The monoisotopic (exact) mass is 440 g/mol. The maximum Gasteiger partial charge on any atom is 0.417 e. The van der Waals surface area contributed by atoms with Crippen LogP contribution in [0.4, 0.5) is 18.9 Å². The van der Waals surface area contributed by atoms with Crippen LogP contribution in [-0.2, 0) is 15.8 Å². The van der Waals surface area contributed by atoms with Gasteiger partial charge in [-0.1, -0.05) is 11.6 Å². The first-order valence-electron chi connectivity index (χ1n) is 7.97. The molecule has 0 saturated carbocycles. The Bertz CT molecular complexity index is 1090. The van der Waals surface area contributed by atoms with Gasteiger partial charge in [-0.05, 0) is 47.7 Å². The minimum atomic E-state index is -4.67. The maximum atomic E-state index is 13.3. The van der Waals surface area contributed by atoms with E-state index in [4.69, 9.17) is 11.6 Å². The molecule has 0 aliphatic carbocycles. The second-order valence-electron chi connectivity index (χ2n) is 5.73. The van der Waals surface area contributed by atoms with Gasteiger partial charge in [0.15, 0.2) is 5.23 Å². The lowest BCUT2D eigenvalue weighted by Crippen LogP contribution is -2.30. The Kier molecular flexibility index (Phi) is 5.88. The predicted molar refractivity (Wildman–Crippen MR) is 105 cm³/mol. The lowest BCUT2D eigenvalue weighted by Gasteiger charge is -2.13. The van der Waals surface area contributed by atoms with Crippen LogP contribution in [0.25, 0.3) is 0 Å². The fraction of sp³-hybridized carbons (Fsp3) is 0.111. The van der Waals surface area contributed by atoms with E-state index < -0.39 is 28.1 Å². The number of carbonyl (C=O) groups excluding carboxylic acids is 2. The molecule has 1 amide bonds. The molecule has 1 aliphatic heterocycles. The predicted octanol–water partition coefficient (Wildman–Crippen LogP) is 4.22. The number of benzene rings is 1. The molecule has 2 N–H and O–H groups in total. The number of aliphatic imine (C=N–C) groups is 1. The van der Waals surface area contributed by atoms with E-state index in [9.17, 15) is 22.8 Å². The number of halogens is 4. The van der Waals surface area contributed by atoms with E-state index in [2.05, 4.69) is 20.8 Å². The van der Waals surface area contributed by atoms with Crippen molar-refractivity contribution in [1.82, 2.24) is 10.4 Å². The van der Waals surface area contributed by atoms with E-state index >= 15 is 0 Å². The van der Waals surface area contributed by atoms with Gasteiger partial charge >= 0.3 is 6.18 Å². The number of amides is 1. The second kappa shape index (κ2) is 8.20. The fourth-order valence-electron chi connectivity index (χ4n) is 2.53. The highest BCUT2D eigenvalue weighted by molar-refractivity contribution is 8.31. The van der Waals surface area contributed by atoms with Crippen LogP contribution in [0.5, 0.6) is 0 Å². The largest absolute Gasteiger partial charge is 0.417 e. The molecule has 11 heteroatoms. The summed E-state index contributed by atoms with van der Waals surface area (Å²) in [6, 6.07) is 7.21. The van der Waals surface area contributed by atoms with Gasteiger partial charge in [-0.2, -0.15) is 13.2 Å². The number of rotatable bonds is 4. The number of pyridine rings is 1. The van der Waals surface area contributed by atoms with Crippen LogP contribution in [0.15, 0.2) is 58.3 Å². The fourth-order valence-corrected chi connectivity index (χ4v) is 4.20. The van der Waals surface area contributed by atoms with E-state index in [0.717, 1.165) is 18.5 Å². The van der Waals surface area contributed by atoms with Crippen molar-refractivity contribution in [2.45, 2.75) is 13.1 Å². The Labute approximate surface area is 170 Å². The van der Waals surface area contributed by atoms with Crippen molar-refractivity contribution in [3.05, 3.63) is 69.5 Å². The zero-order chi connectivity index (χ0) is 21.2. The first kappa shape index (κ1) is 20.8. The van der Waals surface area contributed by atoms with Crippen LogP contribution < -0.4 is 10.9 Å². The summed E-state index contributed by atoms with van der Waals surface area (Å²) in [4.78, 5) is 31.8. The molecule has 0 saturated heterocycles. The molecule has 1 unspecified atom stereocenters. The molecule has 1 aliphatic rings. The third kappa shape index (κ3) is 4.40. The molecular formula is C18H12ClF3N4O2S. The summed E-state index contributed by atoms with van der Waals surface area (Å²) in [5.41, 5.74) is 4.33. The summed E-state index contributed by atoms with van der Waals surface area (Å²) in [6.07, 6.45) is -2.71. The van der Waals surface area contributed by atoms with Gasteiger partial charge in [-0.3, -0.25) is 20.6 Å². The van der Waals surface area contributed by atoms with E-state index in [1.807, 2.05) is 0 Å². The van der Waals surface area contributed by atoms with Crippen molar-refractivity contribution in [3.8, 4) is 0 Å². The zero-order valence-electron chi connectivity index (χ0n) is 14.7. The Morgan fingerprint density at radius 3 is 2.52 bits per heavy atom. The average Bonchev–Trinajstić information content (AvgIpc) is 3.03. The first-order chi connectivity index (χ1) is 13.7. The van der Waals surface area contributed by atoms with Crippen molar-refractivity contribution >= 4 is 44.0 Å². The van der Waals surface area contributed by atoms with Crippen molar-refractivity contribution < 1.29 is 22.8 Å². The minimum absolute atomic E-state index is 0.0755. The third-order valence-corrected chi connectivity index (χ3v) is 5.81. The summed E-state index contributed by atoms with van der Waals surface area (Å²) in [5, 5.41) is 1.95. The van der Waals surface area contributed by atoms with Gasteiger partial charge in [0.1, 0.15) is 9.95 Å². The van der Waals surface area contributed by atoms with E-state index in [-0.39, 0.29) is 21.2 Å². The lowest BCUT2D eigenvalue weighted by atomic mass is 10.1. The van der Waals surface area contributed by atoms with Gasteiger partial charge in [0, 0.05) is 23.0 Å². The first-order valence-corrected chi connectivity index (χ1v) is 9.57. The Morgan fingerprint density at radius 2 is 1.90 bits per heavy atom. The molecule has 0 fully saturated rings. The number of nitrogens with zero attached hydrogens (tertiary/aromatic N) is 2. The van der Waals surface area contributed by atoms with Crippen molar-refractivity contribution in [3.63, 3.8) is 0 Å². The molecule has 2 aromatic rings. The highest BCUT2D eigenvalue weighted by Gasteiger charge is 2.38. The maximum absolute atomic E-state index is 13.3. The molecule has 0 bridgehead atoms. The second-order valence-corrected chi connectivity index (χ2v) is 7.74. The summed E-state index contributed by atoms with van der Waals surface area (Å²) < 4.78 is 40.0. The Morgan fingerprint density at radius 1 is 1.21 bits per heavy atom. The normalized spacial score (nSPS) is 16.3. The number of anilines is 1. The van der Waals surface area contributed by atoms with Gasteiger partial charge in [-0.25, -0.2) is 9.79 Å². The third-order valence-electron chi connectivity index (χ3n) is 3.81. The van der Waals surface area contributed by atoms with E-state index in [1.165, 1.54) is 6.92 Å². The quantitative estimate of drug-likeness (QED) is 0.550. The van der Waals surface area contributed by atoms with Gasteiger partial charge in [-0.15, -0.1) is 0 Å². The highest BCUT2D eigenvalue weighted by atomic mass is 35.5. The molecule has 1 atom stereocenters. The van der Waals surface area contributed by atoms with Crippen LogP contribution in [0, 0.1) is 0 Å². The van der Waals surface area contributed by atoms with Crippen LogP contribution in [-0.4, -0.2) is 21.2 Å². The highest BCUT2D eigenvalue weighted by Crippen LogP contribution is 2.41. The van der Waals surface area contributed by atoms with E-state index in [0.29, 0.717) is 10.7 Å². The lowest BCUT2D eigenvalue weighted by molar-refractivity contribution is -0.137. The molecular weight excluding hydrogens is 429 g/mol. The van der Waals surface area contributed by atoms with Gasteiger partial charge in [0.05, 0.1) is 16.9 Å². The molecule has 3 rings (SSSR count). The van der Waals surface area contributed by atoms with E-state index in [1.54, 1.807) is 29.5 Å². The SMILES string of the molecule is CC1=C(C(=O)NNc2ccc(Cl)cc2)S(=C=O)C(c2cnccc2C(F)(F)F)=N1. The van der Waals surface area contributed by atoms with Crippen molar-refractivity contribution in [1.29, 1.82) is 0 Å². The summed E-state index contributed by atoms with van der Waals surface area (Å²) in [5.74, 6) is -0.708. The van der Waals surface area contributed by atoms with Crippen molar-refractivity contribution in [2.24, 2.45) is 4.99 Å². The molecule has 2 heterocycles. The average molecular weight is 441 g/mol. The number of hydrogen-bond acceptors (Lipinski definition) is 5. The molecule has 0 radical (unpaired) electrons. The van der Waals surface area contributed by atoms with Gasteiger partial charge in [0.25, 0.3) is 5.91 Å². The standard InChI is InChI=1S/C18H12ClF3N4O2S/c1-10-15(16(28)26-25-12-4-2-11(19)3-5-12)29(9-27)17(24-10)13-8-23-7-6-14(13)18(20,21)22/h2-8,25H,1H3,(H,26,28).